The van der Waals surface area contributed by atoms with Gasteiger partial charge in [-0.15, -0.1) is 0 Å². The SMILES string of the molecule is CCCOc1cccc2c1ccn2CCN=[N+]=[N-]. The Morgan fingerprint density at radius 3 is 3.06 bits per heavy atom. The molecule has 0 spiro atoms. The molecule has 1 heterocycles. The number of hydrogen-bond acceptors (Lipinski definition) is 2. The molecule has 0 aliphatic rings. The van der Waals surface area contributed by atoms with Crippen molar-refractivity contribution in [3.05, 3.63) is 40.9 Å². The van der Waals surface area contributed by atoms with E-state index in [9.17, 15) is 0 Å². The Kier molecular flexibility index (Phi) is 4.10. The van der Waals surface area contributed by atoms with Crippen molar-refractivity contribution in [1.29, 1.82) is 0 Å². The van der Waals surface area contributed by atoms with E-state index in [1.807, 2.05) is 30.5 Å². The van der Waals surface area contributed by atoms with E-state index >= 15 is 0 Å². The van der Waals surface area contributed by atoms with E-state index in [1.54, 1.807) is 0 Å². The highest BCUT2D eigenvalue weighted by Gasteiger charge is 2.05. The third kappa shape index (κ3) is 2.57. The summed E-state index contributed by atoms with van der Waals surface area (Å²) in [7, 11) is 0. The van der Waals surface area contributed by atoms with Crippen LogP contribution in [0.1, 0.15) is 13.3 Å². The van der Waals surface area contributed by atoms with Crippen LogP contribution in [0.4, 0.5) is 0 Å². The highest BCUT2D eigenvalue weighted by Crippen LogP contribution is 2.26. The molecule has 0 fully saturated rings. The van der Waals surface area contributed by atoms with E-state index in [2.05, 4.69) is 21.5 Å². The van der Waals surface area contributed by atoms with Gasteiger partial charge in [-0.1, -0.05) is 18.1 Å². The van der Waals surface area contributed by atoms with Crippen LogP contribution in [-0.4, -0.2) is 17.7 Å². The van der Waals surface area contributed by atoms with E-state index in [1.165, 1.54) is 0 Å². The van der Waals surface area contributed by atoms with Crippen molar-refractivity contribution in [2.75, 3.05) is 13.2 Å². The predicted octanol–water partition coefficient (Wildman–Crippen LogP) is 3.74. The molecule has 0 amide bonds. The first-order valence-electron chi connectivity index (χ1n) is 6.08. The fourth-order valence-electron chi connectivity index (χ4n) is 1.93. The zero-order chi connectivity index (χ0) is 12.8. The highest BCUT2D eigenvalue weighted by atomic mass is 16.5. The van der Waals surface area contributed by atoms with Crippen LogP contribution >= 0.6 is 0 Å². The largest absolute Gasteiger partial charge is 0.493 e. The molecule has 0 N–H and O–H groups in total. The van der Waals surface area contributed by atoms with Crippen LogP contribution in [0.3, 0.4) is 0 Å². The lowest BCUT2D eigenvalue weighted by molar-refractivity contribution is 0.321. The summed E-state index contributed by atoms with van der Waals surface area (Å²) in [6.45, 7) is 3.96. The van der Waals surface area contributed by atoms with Gasteiger partial charge in [-0.2, -0.15) is 0 Å². The molecular weight excluding hydrogens is 228 g/mol. The van der Waals surface area contributed by atoms with Crippen molar-refractivity contribution in [2.45, 2.75) is 19.9 Å². The van der Waals surface area contributed by atoms with Crippen molar-refractivity contribution in [3.8, 4) is 5.75 Å². The predicted molar refractivity (Wildman–Crippen MR) is 71.7 cm³/mol. The van der Waals surface area contributed by atoms with E-state index < -0.39 is 0 Å². The zero-order valence-electron chi connectivity index (χ0n) is 10.4. The molecule has 1 aromatic heterocycles. The van der Waals surface area contributed by atoms with Gasteiger partial charge in [-0.25, -0.2) is 0 Å². The second-order valence-corrected chi connectivity index (χ2v) is 4.00. The molecule has 0 saturated heterocycles. The smallest absolute Gasteiger partial charge is 0.128 e. The second kappa shape index (κ2) is 5.98. The van der Waals surface area contributed by atoms with E-state index in [0.717, 1.165) is 29.7 Å². The molecule has 0 radical (unpaired) electrons. The Morgan fingerprint density at radius 2 is 2.28 bits per heavy atom. The normalized spacial score (nSPS) is 10.3. The number of hydrogen-bond donors (Lipinski definition) is 0. The fourth-order valence-corrected chi connectivity index (χ4v) is 1.93. The topological polar surface area (TPSA) is 62.9 Å². The number of azide groups is 1. The molecule has 0 aliphatic heterocycles. The number of ether oxygens (including phenoxy) is 1. The van der Waals surface area contributed by atoms with Crippen molar-refractivity contribution in [1.82, 2.24) is 4.57 Å². The highest BCUT2D eigenvalue weighted by molar-refractivity contribution is 5.86. The molecule has 0 bridgehead atoms. The maximum Gasteiger partial charge on any atom is 0.128 e. The lowest BCUT2D eigenvalue weighted by Gasteiger charge is -2.07. The third-order valence-electron chi connectivity index (χ3n) is 2.74. The van der Waals surface area contributed by atoms with Crippen LogP contribution in [0.15, 0.2) is 35.6 Å². The van der Waals surface area contributed by atoms with Gasteiger partial charge in [0.25, 0.3) is 0 Å². The Balaban J connectivity index is 2.26. The van der Waals surface area contributed by atoms with E-state index in [0.29, 0.717) is 13.1 Å². The summed E-state index contributed by atoms with van der Waals surface area (Å²) in [5.41, 5.74) is 9.39. The fraction of sp³-hybridized carbons (Fsp3) is 0.385. The molecule has 18 heavy (non-hydrogen) atoms. The lowest BCUT2D eigenvalue weighted by atomic mass is 10.2. The van der Waals surface area contributed by atoms with Crippen LogP contribution in [0.25, 0.3) is 21.3 Å². The summed E-state index contributed by atoms with van der Waals surface area (Å²) in [6.07, 6.45) is 2.99. The van der Waals surface area contributed by atoms with Gasteiger partial charge in [0.15, 0.2) is 0 Å². The van der Waals surface area contributed by atoms with Crippen molar-refractivity contribution < 1.29 is 4.74 Å². The lowest BCUT2D eigenvalue weighted by Crippen LogP contribution is -1.99. The minimum Gasteiger partial charge on any atom is -0.493 e. The van der Waals surface area contributed by atoms with Gasteiger partial charge in [0.1, 0.15) is 5.75 Å². The molecule has 1 aromatic carbocycles. The second-order valence-electron chi connectivity index (χ2n) is 4.00. The van der Waals surface area contributed by atoms with Crippen LogP contribution in [0, 0.1) is 0 Å². The Bertz CT molecular complexity index is 569. The van der Waals surface area contributed by atoms with Crippen LogP contribution in [0.2, 0.25) is 0 Å². The molecule has 2 rings (SSSR count). The summed E-state index contributed by atoms with van der Waals surface area (Å²) in [4.78, 5) is 2.76. The van der Waals surface area contributed by atoms with Crippen LogP contribution < -0.4 is 4.74 Å². The van der Waals surface area contributed by atoms with Crippen molar-refractivity contribution >= 4 is 10.9 Å². The maximum absolute atomic E-state index is 8.28. The molecule has 2 aromatic rings. The van der Waals surface area contributed by atoms with Crippen molar-refractivity contribution in [3.63, 3.8) is 0 Å². The number of nitrogens with zero attached hydrogens (tertiary/aromatic N) is 4. The third-order valence-corrected chi connectivity index (χ3v) is 2.74. The average Bonchev–Trinajstić information content (AvgIpc) is 2.81. The van der Waals surface area contributed by atoms with Gasteiger partial charge >= 0.3 is 0 Å². The van der Waals surface area contributed by atoms with Gasteiger partial charge < -0.3 is 9.30 Å². The van der Waals surface area contributed by atoms with Crippen LogP contribution in [0.5, 0.6) is 5.75 Å². The Hall–Kier alpha value is -2.13. The van der Waals surface area contributed by atoms with Gasteiger partial charge in [0.2, 0.25) is 0 Å². The van der Waals surface area contributed by atoms with Gasteiger partial charge in [0, 0.05) is 29.6 Å². The summed E-state index contributed by atoms with van der Waals surface area (Å²) in [6, 6.07) is 8.05. The molecular formula is C13H16N4O. The minimum atomic E-state index is 0.459. The molecule has 0 saturated carbocycles. The minimum absolute atomic E-state index is 0.459. The monoisotopic (exact) mass is 244 g/mol. The maximum atomic E-state index is 8.28. The molecule has 0 aliphatic carbocycles. The van der Waals surface area contributed by atoms with Crippen molar-refractivity contribution in [2.24, 2.45) is 5.11 Å². The first-order chi connectivity index (χ1) is 8.86. The number of fused-ring (bicyclic) bond motifs is 1. The van der Waals surface area contributed by atoms with Gasteiger partial charge in [-0.05, 0) is 30.2 Å². The molecule has 0 unspecified atom stereocenters. The number of aromatic nitrogens is 1. The molecule has 5 heteroatoms. The van der Waals surface area contributed by atoms with E-state index in [-0.39, 0.29) is 0 Å². The Labute approximate surface area is 106 Å². The quantitative estimate of drug-likeness (QED) is 0.433. The average molecular weight is 244 g/mol. The first kappa shape index (κ1) is 12.3. The van der Waals surface area contributed by atoms with Gasteiger partial charge in [-0.3, -0.25) is 0 Å². The zero-order valence-corrected chi connectivity index (χ0v) is 10.4. The first-order valence-corrected chi connectivity index (χ1v) is 6.08. The summed E-state index contributed by atoms with van der Waals surface area (Å²) >= 11 is 0. The standard InChI is InChI=1S/C13H16N4O/c1-2-10-18-13-5-3-4-12-11(13)6-8-17(12)9-7-15-16-14/h3-6,8H,2,7,9-10H2,1H3. The summed E-state index contributed by atoms with van der Waals surface area (Å²) in [5.74, 6) is 0.914. The Morgan fingerprint density at radius 1 is 1.39 bits per heavy atom. The van der Waals surface area contributed by atoms with Gasteiger partial charge in [0.05, 0.1) is 12.1 Å². The summed E-state index contributed by atoms with van der Waals surface area (Å²) < 4.78 is 7.78. The number of rotatable bonds is 6. The molecule has 94 valence electrons. The molecule has 0 atom stereocenters. The molecule has 5 nitrogen and oxygen atoms in total. The van der Waals surface area contributed by atoms with Crippen LogP contribution in [-0.2, 0) is 6.54 Å². The number of benzene rings is 1. The summed E-state index contributed by atoms with van der Waals surface area (Å²) in [5, 5.41) is 4.66. The van der Waals surface area contributed by atoms with E-state index in [4.69, 9.17) is 10.3 Å².